The van der Waals surface area contributed by atoms with Gasteiger partial charge < -0.3 is 5.21 Å². The monoisotopic (exact) mass is 186 g/mol. The van der Waals surface area contributed by atoms with Crippen molar-refractivity contribution in [2.24, 2.45) is 0 Å². The van der Waals surface area contributed by atoms with E-state index in [0.29, 0.717) is 5.52 Å². The number of aryl methyl sites for hydroxylation is 1. The highest BCUT2D eigenvalue weighted by atomic mass is 16.5. The van der Waals surface area contributed by atoms with E-state index >= 15 is 0 Å². The number of nitrogens with zero attached hydrogens (tertiary/aromatic N) is 2. The summed E-state index contributed by atoms with van der Waals surface area (Å²) >= 11 is 0. The topological polar surface area (TPSA) is 39.8 Å². The Labute approximate surface area is 81.6 Å². The minimum absolute atomic E-state index is 0.688. The van der Waals surface area contributed by atoms with E-state index < -0.39 is 0 Å². The van der Waals surface area contributed by atoms with E-state index in [1.807, 2.05) is 24.3 Å². The smallest absolute Gasteiger partial charge is 0.242 e. The van der Waals surface area contributed by atoms with Gasteiger partial charge in [0, 0.05) is 12.5 Å². The third-order valence-electron chi connectivity index (χ3n) is 2.76. The Balaban J connectivity index is 2.44. The molecule has 1 aliphatic rings. The number of para-hydroxylation sites is 2. The molecule has 0 spiro atoms. The van der Waals surface area contributed by atoms with Gasteiger partial charge in [-0.15, -0.1) is 0 Å². The Morgan fingerprint density at radius 1 is 1.21 bits per heavy atom. The van der Waals surface area contributed by atoms with E-state index in [4.69, 9.17) is 0 Å². The molecular weight excluding hydrogens is 176 g/mol. The van der Waals surface area contributed by atoms with Crippen LogP contribution in [0.1, 0.15) is 17.8 Å². The van der Waals surface area contributed by atoms with Crippen LogP contribution in [0.3, 0.4) is 0 Å². The van der Waals surface area contributed by atoms with Gasteiger partial charge in [0.25, 0.3) is 0 Å². The van der Waals surface area contributed by atoms with Gasteiger partial charge in [-0.1, -0.05) is 12.1 Å². The van der Waals surface area contributed by atoms with Crippen molar-refractivity contribution in [2.45, 2.75) is 19.3 Å². The Morgan fingerprint density at radius 3 is 3.00 bits per heavy atom. The number of aromatic nitrogens is 2. The SMILES string of the molecule is [O-][n+]1c2c(nc3ccccc31)CCC2. The minimum atomic E-state index is 0.688. The fourth-order valence-electron chi connectivity index (χ4n) is 2.07. The highest BCUT2D eigenvalue weighted by Crippen LogP contribution is 2.19. The van der Waals surface area contributed by atoms with Crippen LogP contribution in [0.2, 0.25) is 0 Å². The molecule has 3 nitrogen and oxygen atoms in total. The number of hydrogen-bond donors (Lipinski definition) is 0. The van der Waals surface area contributed by atoms with Crippen LogP contribution in [-0.2, 0) is 12.8 Å². The van der Waals surface area contributed by atoms with Gasteiger partial charge >= 0.3 is 0 Å². The van der Waals surface area contributed by atoms with Crippen molar-refractivity contribution in [3.8, 4) is 0 Å². The van der Waals surface area contributed by atoms with Gasteiger partial charge in [-0.25, -0.2) is 4.98 Å². The lowest BCUT2D eigenvalue weighted by Crippen LogP contribution is -2.33. The number of hydrogen-bond acceptors (Lipinski definition) is 2. The molecule has 0 aliphatic heterocycles. The molecule has 1 heterocycles. The zero-order chi connectivity index (χ0) is 9.54. The van der Waals surface area contributed by atoms with Crippen molar-refractivity contribution in [1.82, 2.24) is 4.98 Å². The van der Waals surface area contributed by atoms with Crippen LogP contribution >= 0.6 is 0 Å². The van der Waals surface area contributed by atoms with Crippen LogP contribution in [0.25, 0.3) is 11.0 Å². The highest BCUT2D eigenvalue weighted by molar-refractivity contribution is 5.71. The molecule has 0 saturated heterocycles. The lowest BCUT2D eigenvalue weighted by Gasteiger charge is -2.05. The van der Waals surface area contributed by atoms with Crippen LogP contribution in [0.5, 0.6) is 0 Å². The molecule has 14 heavy (non-hydrogen) atoms. The van der Waals surface area contributed by atoms with Gasteiger partial charge in [-0.2, -0.15) is 4.73 Å². The first kappa shape index (κ1) is 7.74. The zero-order valence-electron chi connectivity index (χ0n) is 7.73. The average molecular weight is 186 g/mol. The molecular formula is C11H10N2O. The molecule has 3 heteroatoms. The summed E-state index contributed by atoms with van der Waals surface area (Å²) in [7, 11) is 0. The van der Waals surface area contributed by atoms with Crippen LogP contribution in [0.4, 0.5) is 0 Å². The molecule has 1 aromatic carbocycles. The summed E-state index contributed by atoms with van der Waals surface area (Å²) in [6, 6.07) is 7.51. The Morgan fingerprint density at radius 2 is 2.07 bits per heavy atom. The largest absolute Gasteiger partial charge is 0.618 e. The summed E-state index contributed by atoms with van der Waals surface area (Å²) < 4.78 is 1.05. The first-order chi connectivity index (χ1) is 6.86. The second-order valence-electron chi connectivity index (χ2n) is 3.64. The Kier molecular flexibility index (Phi) is 1.48. The normalized spacial score (nSPS) is 14.6. The molecule has 2 aromatic rings. The van der Waals surface area contributed by atoms with Crippen LogP contribution in [0, 0.1) is 5.21 Å². The van der Waals surface area contributed by atoms with Crippen molar-refractivity contribution in [3.63, 3.8) is 0 Å². The molecule has 0 bridgehead atoms. The van der Waals surface area contributed by atoms with E-state index in [1.54, 1.807) is 0 Å². The van der Waals surface area contributed by atoms with Crippen molar-refractivity contribution in [2.75, 3.05) is 0 Å². The molecule has 0 saturated carbocycles. The van der Waals surface area contributed by atoms with Gasteiger partial charge in [-0.05, 0) is 18.9 Å². The maximum atomic E-state index is 11.9. The molecule has 0 amide bonds. The van der Waals surface area contributed by atoms with Crippen molar-refractivity contribution >= 4 is 11.0 Å². The van der Waals surface area contributed by atoms with Gasteiger partial charge in [0.15, 0.2) is 0 Å². The first-order valence-corrected chi connectivity index (χ1v) is 4.86. The standard InChI is InChI=1S/C11H10N2O/c14-13-10-6-2-1-4-8(10)12-9-5-3-7-11(9)13/h1-2,4,6H,3,5,7H2. The van der Waals surface area contributed by atoms with E-state index in [1.165, 1.54) is 0 Å². The summed E-state index contributed by atoms with van der Waals surface area (Å²) in [5.74, 6) is 0. The number of benzene rings is 1. The Bertz CT molecular complexity index is 508. The fourth-order valence-corrected chi connectivity index (χ4v) is 2.07. The molecule has 3 rings (SSSR count). The second-order valence-corrected chi connectivity index (χ2v) is 3.64. The molecule has 0 fully saturated rings. The maximum absolute atomic E-state index is 11.9. The maximum Gasteiger partial charge on any atom is 0.242 e. The van der Waals surface area contributed by atoms with Gasteiger partial charge in [0.05, 0.1) is 0 Å². The van der Waals surface area contributed by atoms with Gasteiger partial charge in [0.1, 0.15) is 11.2 Å². The molecule has 0 radical (unpaired) electrons. The van der Waals surface area contributed by atoms with Gasteiger partial charge in [-0.3, -0.25) is 0 Å². The molecule has 0 atom stereocenters. The number of fused-ring (bicyclic) bond motifs is 2. The predicted molar refractivity (Wildman–Crippen MR) is 52.7 cm³/mol. The second kappa shape index (κ2) is 2.67. The quantitative estimate of drug-likeness (QED) is 0.460. The summed E-state index contributed by atoms with van der Waals surface area (Å²) in [6.07, 6.45) is 2.87. The zero-order valence-corrected chi connectivity index (χ0v) is 7.73. The van der Waals surface area contributed by atoms with Gasteiger partial charge in [0.2, 0.25) is 11.2 Å². The summed E-state index contributed by atoms with van der Waals surface area (Å²) in [5.41, 5.74) is 3.35. The van der Waals surface area contributed by atoms with Crippen LogP contribution in [0.15, 0.2) is 24.3 Å². The van der Waals surface area contributed by atoms with Crippen LogP contribution < -0.4 is 4.73 Å². The number of rotatable bonds is 0. The average Bonchev–Trinajstić information content (AvgIpc) is 2.66. The fraction of sp³-hybridized carbons (Fsp3) is 0.273. The summed E-state index contributed by atoms with van der Waals surface area (Å²) in [6.45, 7) is 0. The van der Waals surface area contributed by atoms with E-state index in [2.05, 4.69) is 4.98 Å². The predicted octanol–water partition coefficient (Wildman–Crippen LogP) is 1.36. The molecule has 0 unspecified atom stereocenters. The third-order valence-corrected chi connectivity index (χ3v) is 2.76. The molecule has 1 aromatic heterocycles. The van der Waals surface area contributed by atoms with E-state index in [0.717, 1.165) is 40.9 Å². The first-order valence-electron chi connectivity index (χ1n) is 4.86. The Hall–Kier alpha value is -1.64. The van der Waals surface area contributed by atoms with Crippen molar-refractivity contribution in [3.05, 3.63) is 40.9 Å². The third kappa shape index (κ3) is 0.923. The van der Waals surface area contributed by atoms with E-state index in [9.17, 15) is 5.21 Å². The van der Waals surface area contributed by atoms with E-state index in [-0.39, 0.29) is 0 Å². The minimum Gasteiger partial charge on any atom is -0.618 e. The lowest BCUT2D eigenvalue weighted by atomic mass is 10.2. The lowest BCUT2D eigenvalue weighted by molar-refractivity contribution is -0.586. The molecule has 1 aliphatic carbocycles. The summed E-state index contributed by atoms with van der Waals surface area (Å²) in [4.78, 5) is 4.50. The van der Waals surface area contributed by atoms with Crippen molar-refractivity contribution < 1.29 is 4.73 Å². The highest BCUT2D eigenvalue weighted by Gasteiger charge is 2.22. The molecule has 0 N–H and O–H groups in total. The molecule has 70 valence electrons. The van der Waals surface area contributed by atoms with Crippen LogP contribution in [-0.4, -0.2) is 4.98 Å². The summed E-state index contributed by atoms with van der Waals surface area (Å²) in [5, 5.41) is 11.9. The van der Waals surface area contributed by atoms with Crippen molar-refractivity contribution in [1.29, 1.82) is 0 Å².